The first-order chi connectivity index (χ1) is 8.70. The van der Waals surface area contributed by atoms with Gasteiger partial charge in [0.15, 0.2) is 0 Å². The Morgan fingerprint density at radius 2 is 1.89 bits per heavy atom. The lowest BCUT2D eigenvalue weighted by Gasteiger charge is -2.21. The molecule has 4 heteroatoms. The Morgan fingerprint density at radius 3 is 2.56 bits per heavy atom. The molecule has 0 radical (unpaired) electrons. The molecule has 0 saturated heterocycles. The summed E-state index contributed by atoms with van der Waals surface area (Å²) in [7, 11) is 2.03. The summed E-state index contributed by atoms with van der Waals surface area (Å²) in [4.78, 5) is 10.7. The maximum absolute atomic E-state index is 5.76. The third kappa shape index (κ3) is 2.84. The van der Waals surface area contributed by atoms with Gasteiger partial charge in [-0.3, -0.25) is 4.98 Å². The summed E-state index contributed by atoms with van der Waals surface area (Å²) >= 11 is 0. The van der Waals surface area contributed by atoms with Gasteiger partial charge in [0.1, 0.15) is 5.82 Å². The Bertz CT molecular complexity index is 510. The van der Waals surface area contributed by atoms with Crippen molar-refractivity contribution in [2.75, 3.05) is 11.9 Å². The van der Waals surface area contributed by atoms with Crippen LogP contribution in [0.3, 0.4) is 0 Å². The summed E-state index contributed by atoms with van der Waals surface area (Å²) in [5.74, 6) is 0.953. The van der Waals surface area contributed by atoms with Crippen molar-refractivity contribution in [3.8, 4) is 0 Å². The average molecular weight is 242 g/mol. The Balaban J connectivity index is 2.23. The van der Waals surface area contributed by atoms with Gasteiger partial charge in [-0.2, -0.15) is 0 Å². The van der Waals surface area contributed by atoms with Gasteiger partial charge < -0.3 is 10.6 Å². The molecule has 0 aliphatic carbocycles. The fourth-order valence-corrected chi connectivity index (χ4v) is 1.90. The third-order valence-corrected chi connectivity index (χ3v) is 2.85. The molecule has 2 N–H and O–H groups in total. The van der Waals surface area contributed by atoms with Gasteiger partial charge in [0, 0.05) is 43.8 Å². The van der Waals surface area contributed by atoms with Gasteiger partial charge >= 0.3 is 0 Å². The van der Waals surface area contributed by atoms with Crippen LogP contribution in [0.15, 0.2) is 36.7 Å². The van der Waals surface area contributed by atoms with Gasteiger partial charge in [-0.25, -0.2) is 4.98 Å². The molecule has 18 heavy (non-hydrogen) atoms. The Morgan fingerprint density at radius 1 is 1.17 bits per heavy atom. The van der Waals surface area contributed by atoms with E-state index in [-0.39, 0.29) is 0 Å². The molecule has 0 spiro atoms. The molecular weight excluding hydrogens is 224 g/mol. The van der Waals surface area contributed by atoms with Crippen LogP contribution >= 0.6 is 0 Å². The van der Waals surface area contributed by atoms with Crippen molar-refractivity contribution in [1.29, 1.82) is 0 Å². The molecule has 0 amide bonds. The Hall–Kier alpha value is -1.94. The fraction of sp³-hybridized carbons (Fsp3) is 0.286. The van der Waals surface area contributed by atoms with Crippen LogP contribution in [0.2, 0.25) is 0 Å². The van der Waals surface area contributed by atoms with Gasteiger partial charge in [0.2, 0.25) is 0 Å². The first-order valence-electron chi connectivity index (χ1n) is 5.97. The number of hydrogen-bond acceptors (Lipinski definition) is 4. The highest BCUT2D eigenvalue weighted by Gasteiger charge is 2.09. The third-order valence-electron chi connectivity index (χ3n) is 2.85. The van der Waals surface area contributed by atoms with Crippen LogP contribution < -0.4 is 10.6 Å². The minimum Gasteiger partial charge on any atom is -0.355 e. The minimum atomic E-state index is 0.503. The Kier molecular flexibility index (Phi) is 3.89. The maximum Gasteiger partial charge on any atom is 0.133 e. The standard InChI is InChI=1S/C14H18N4/c1-11-3-4-13(9-15)14(17-11)18(2)10-12-5-7-16-8-6-12/h3-8H,9-10,15H2,1-2H3. The molecule has 0 fully saturated rings. The molecule has 0 aliphatic rings. The van der Waals surface area contributed by atoms with Crippen LogP contribution in [0, 0.1) is 6.92 Å². The smallest absolute Gasteiger partial charge is 0.133 e. The molecule has 94 valence electrons. The number of rotatable bonds is 4. The van der Waals surface area contributed by atoms with E-state index in [2.05, 4.69) is 14.9 Å². The number of aryl methyl sites for hydroxylation is 1. The van der Waals surface area contributed by atoms with Gasteiger partial charge in [-0.05, 0) is 30.7 Å². The fourth-order valence-electron chi connectivity index (χ4n) is 1.90. The van der Waals surface area contributed by atoms with E-state index in [1.54, 1.807) is 12.4 Å². The number of pyridine rings is 2. The van der Waals surface area contributed by atoms with Crippen molar-refractivity contribution < 1.29 is 0 Å². The molecule has 0 saturated carbocycles. The molecule has 0 aromatic carbocycles. The van der Waals surface area contributed by atoms with Crippen molar-refractivity contribution in [1.82, 2.24) is 9.97 Å². The zero-order chi connectivity index (χ0) is 13.0. The monoisotopic (exact) mass is 242 g/mol. The van der Waals surface area contributed by atoms with Gasteiger partial charge in [-0.1, -0.05) is 6.07 Å². The van der Waals surface area contributed by atoms with Crippen molar-refractivity contribution in [2.45, 2.75) is 20.0 Å². The molecule has 0 unspecified atom stereocenters. The second-order valence-corrected chi connectivity index (χ2v) is 4.35. The minimum absolute atomic E-state index is 0.503. The Labute approximate surface area is 107 Å². The van der Waals surface area contributed by atoms with Crippen molar-refractivity contribution >= 4 is 5.82 Å². The van der Waals surface area contributed by atoms with E-state index >= 15 is 0 Å². The quantitative estimate of drug-likeness (QED) is 0.889. The van der Waals surface area contributed by atoms with Gasteiger partial charge in [0.05, 0.1) is 0 Å². The van der Waals surface area contributed by atoms with E-state index in [0.29, 0.717) is 6.54 Å². The molecular formula is C14H18N4. The van der Waals surface area contributed by atoms with E-state index in [1.165, 1.54) is 5.56 Å². The molecule has 0 atom stereocenters. The van der Waals surface area contributed by atoms with E-state index in [0.717, 1.165) is 23.6 Å². The first kappa shape index (κ1) is 12.5. The summed E-state index contributed by atoms with van der Waals surface area (Å²) in [5, 5.41) is 0. The normalized spacial score (nSPS) is 10.4. The lowest BCUT2D eigenvalue weighted by Crippen LogP contribution is -2.20. The van der Waals surface area contributed by atoms with E-state index < -0.39 is 0 Å². The molecule has 2 aromatic heterocycles. The summed E-state index contributed by atoms with van der Waals surface area (Å²) in [6.07, 6.45) is 3.60. The topological polar surface area (TPSA) is 55.0 Å². The second-order valence-electron chi connectivity index (χ2n) is 4.35. The van der Waals surface area contributed by atoms with Crippen LogP contribution in [-0.2, 0) is 13.1 Å². The highest BCUT2D eigenvalue weighted by Crippen LogP contribution is 2.18. The predicted molar refractivity (Wildman–Crippen MR) is 73.2 cm³/mol. The van der Waals surface area contributed by atoms with E-state index in [1.807, 2.05) is 38.2 Å². The lowest BCUT2D eigenvalue weighted by molar-refractivity contribution is 0.868. The number of hydrogen-bond donors (Lipinski definition) is 1. The van der Waals surface area contributed by atoms with E-state index in [9.17, 15) is 0 Å². The summed E-state index contributed by atoms with van der Waals surface area (Å²) < 4.78 is 0. The molecule has 4 nitrogen and oxygen atoms in total. The van der Waals surface area contributed by atoms with Crippen molar-refractivity contribution in [3.63, 3.8) is 0 Å². The summed E-state index contributed by atoms with van der Waals surface area (Å²) in [5.41, 5.74) is 9.03. The number of anilines is 1. The summed E-state index contributed by atoms with van der Waals surface area (Å²) in [6, 6.07) is 8.05. The molecule has 2 heterocycles. The second kappa shape index (κ2) is 5.60. The molecule has 0 aliphatic heterocycles. The number of nitrogens with zero attached hydrogens (tertiary/aromatic N) is 3. The highest BCUT2D eigenvalue weighted by atomic mass is 15.2. The van der Waals surface area contributed by atoms with Crippen molar-refractivity contribution in [2.24, 2.45) is 5.73 Å². The zero-order valence-electron chi connectivity index (χ0n) is 10.8. The van der Waals surface area contributed by atoms with Gasteiger partial charge in [0.25, 0.3) is 0 Å². The number of aromatic nitrogens is 2. The first-order valence-corrected chi connectivity index (χ1v) is 5.97. The average Bonchev–Trinajstić information content (AvgIpc) is 2.40. The van der Waals surface area contributed by atoms with Crippen LogP contribution in [0.25, 0.3) is 0 Å². The largest absolute Gasteiger partial charge is 0.355 e. The maximum atomic E-state index is 5.76. The van der Waals surface area contributed by atoms with Crippen LogP contribution in [0.1, 0.15) is 16.8 Å². The summed E-state index contributed by atoms with van der Waals surface area (Å²) in [6.45, 7) is 3.29. The van der Waals surface area contributed by atoms with Crippen LogP contribution in [0.5, 0.6) is 0 Å². The van der Waals surface area contributed by atoms with Gasteiger partial charge in [-0.15, -0.1) is 0 Å². The molecule has 2 rings (SSSR count). The zero-order valence-corrected chi connectivity index (χ0v) is 10.8. The van der Waals surface area contributed by atoms with Crippen LogP contribution in [-0.4, -0.2) is 17.0 Å². The van der Waals surface area contributed by atoms with Crippen LogP contribution in [0.4, 0.5) is 5.82 Å². The van der Waals surface area contributed by atoms with Crippen molar-refractivity contribution in [3.05, 3.63) is 53.5 Å². The van der Waals surface area contributed by atoms with E-state index in [4.69, 9.17) is 5.73 Å². The molecule has 0 bridgehead atoms. The molecule has 2 aromatic rings. The number of nitrogens with two attached hydrogens (primary N) is 1. The predicted octanol–water partition coefficient (Wildman–Crippen LogP) is 1.88. The highest BCUT2D eigenvalue weighted by molar-refractivity contribution is 5.47. The lowest BCUT2D eigenvalue weighted by atomic mass is 10.2. The SMILES string of the molecule is Cc1ccc(CN)c(N(C)Cc2ccncc2)n1.